The number of hydrogen-bond acceptors (Lipinski definition) is 1. The average Bonchev–Trinajstić information content (AvgIpc) is 2.57. The molecule has 1 aliphatic rings. The van der Waals surface area contributed by atoms with Crippen molar-refractivity contribution in [3.63, 3.8) is 0 Å². The maximum Gasteiger partial charge on any atom is 0.148 e. The first kappa shape index (κ1) is 12.6. The van der Waals surface area contributed by atoms with Crippen molar-refractivity contribution in [3.05, 3.63) is 34.7 Å². The summed E-state index contributed by atoms with van der Waals surface area (Å²) in [5.74, 6) is 0. The van der Waals surface area contributed by atoms with Gasteiger partial charge in [0.1, 0.15) is 8.24 Å². The number of fused-ring (bicyclic) bond motifs is 1. The van der Waals surface area contributed by atoms with Crippen LogP contribution < -0.4 is 15.4 Å². The third-order valence-electron chi connectivity index (χ3n) is 3.25. The third kappa shape index (κ3) is 2.69. The minimum atomic E-state index is -1.52. The number of nitrogens with one attached hydrogen (secondary N) is 1. The summed E-state index contributed by atoms with van der Waals surface area (Å²) in [5, 5.41) is 4.53. The van der Waals surface area contributed by atoms with Gasteiger partial charge in [-0.05, 0) is 37.6 Å². The lowest BCUT2D eigenvalue weighted by molar-refractivity contribution is 0.515. The Kier molecular flexibility index (Phi) is 3.04. The van der Waals surface area contributed by atoms with Gasteiger partial charge < -0.3 is 4.98 Å². The lowest BCUT2D eigenvalue weighted by atomic mass is 10.1. The highest BCUT2D eigenvalue weighted by molar-refractivity contribution is 6.91. The van der Waals surface area contributed by atoms with E-state index in [0.29, 0.717) is 0 Å². The quantitative estimate of drug-likeness (QED) is 0.787. The highest BCUT2D eigenvalue weighted by Crippen LogP contribution is 2.20. The highest BCUT2D eigenvalue weighted by Gasteiger charge is 2.31. The van der Waals surface area contributed by atoms with E-state index in [1.165, 1.54) is 10.4 Å². The van der Waals surface area contributed by atoms with Gasteiger partial charge in [-0.3, -0.25) is 0 Å². The van der Waals surface area contributed by atoms with E-state index in [0.717, 1.165) is 6.42 Å². The molecule has 2 heteroatoms. The van der Waals surface area contributed by atoms with Gasteiger partial charge in [-0.15, -0.1) is 0 Å². The van der Waals surface area contributed by atoms with Crippen molar-refractivity contribution < 1.29 is 0 Å². The van der Waals surface area contributed by atoms with Gasteiger partial charge >= 0.3 is 0 Å². The van der Waals surface area contributed by atoms with Crippen LogP contribution in [0.5, 0.6) is 0 Å². The first-order valence-electron chi connectivity index (χ1n) is 6.38. The lowest BCUT2D eigenvalue weighted by Gasteiger charge is -2.34. The predicted molar refractivity (Wildman–Crippen MR) is 78.6 cm³/mol. The Morgan fingerprint density at radius 2 is 1.76 bits per heavy atom. The van der Waals surface area contributed by atoms with Crippen molar-refractivity contribution in [2.75, 3.05) is 0 Å². The molecule has 0 aliphatic heterocycles. The molecule has 0 bridgehead atoms. The minimum absolute atomic E-state index is 0.195. The van der Waals surface area contributed by atoms with Gasteiger partial charge in [0.15, 0.2) is 0 Å². The summed E-state index contributed by atoms with van der Waals surface area (Å²) in [6.07, 6.45) is 3.49. The third-order valence-corrected chi connectivity index (χ3v) is 6.61. The Morgan fingerprint density at radius 1 is 1.12 bits per heavy atom. The van der Waals surface area contributed by atoms with Crippen LogP contribution in [-0.4, -0.2) is 13.8 Å². The summed E-state index contributed by atoms with van der Waals surface area (Å²) in [5.41, 5.74) is 0.195. The van der Waals surface area contributed by atoms with Gasteiger partial charge in [-0.1, -0.05) is 48.6 Å². The van der Waals surface area contributed by atoms with Crippen LogP contribution in [0.1, 0.15) is 27.2 Å². The number of hydrogen-bond donors (Lipinski definition) is 1. The molecule has 1 aliphatic carbocycles. The zero-order valence-corrected chi connectivity index (χ0v) is 12.6. The fourth-order valence-corrected chi connectivity index (χ4v) is 6.42. The molecule has 2 rings (SSSR count). The minimum Gasteiger partial charge on any atom is -0.329 e. The van der Waals surface area contributed by atoms with E-state index in [9.17, 15) is 0 Å². The Labute approximate surface area is 105 Å². The molecular weight excluding hydrogens is 222 g/mol. The van der Waals surface area contributed by atoms with Crippen molar-refractivity contribution in [1.29, 1.82) is 0 Å². The molecule has 0 saturated carbocycles. The zero-order chi connectivity index (χ0) is 12.7. The molecule has 0 saturated heterocycles. The van der Waals surface area contributed by atoms with Gasteiger partial charge in [0.2, 0.25) is 0 Å². The van der Waals surface area contributed by atoms with Gasteiger partial charge in [-0.2, -0.15) is 0 Å². The molecule has 1 aromatic carbocycles. The van der Waals surface area contributed by atoms with Crippen LogP contribution in [0.3, 0.4) is 0 Å². The molecule has 1 nitrogen and oxygen atoms in total. The summed E-state index contributed by atoms with van der Waals surface area (Å²) in [6, 6.07) is 8.78. The fraction of sp³-hybridized carbons (Fsp3) is 0.467. The highest BCUT2D eigenvalue weighted by atomic mass is 28.3. The molecule has 0 unspecified atom stereocenters. The van der Waals surface area contributed by atoms with Crippen LogP contribution in [0.25, 0.3) is 11.3 Å². The van der Waals surface area contributed by atoms with Gasteiger partial charge in [0, 0.05) is 5.54 Å². The van der Waals surface area contributed by atoms with Gasteiger partial charge in [0.05, 0.1) is 0 Å². The zero-order valence-electron chi connectivity index (χ0n) is 11.6. The second-order valence-corrected chi connectivity index (χ2v) is 10.6. The van der Waals surface area contributed by atoms with Crippen LogP contribution in [0.4, 0.5) is 0 Å². The fourth-order valence-electron chi connectivity index (χ4n) is 2.88. The molecule has 0 spiro atoms. The van der Waals surface area contributed by atoms with Crippen molar-refractivity contribution in [1.82, 2.24) is 4.98 Å². The number of rotatable bonds is 2. The number of benzene rings is 1. The summed E-state index contributed by atoms with van der Waals surface area (Å²) in [7, 11) is -1.52. The molecule has 0 heterocycles. The van der Waals surface area contributed by atoms with E-state index in [1.54, 1.807) is 5.20 Å². The first-order chi connectivity index (χ1) is 7.80. The lowest BCUT2D eigenvalue weighted by Crippen LogP contribution is -2.56. The smallest absolute Gasteiger partial charge is 0.148 e. The topological polar surface area (TPSA) is 12.0 Å². The van der Waals surface area contributed by atoms with Gasteiger partial charge in [0.25, 0.3) is 0 Å². The van der Waals surface area contributed by atoms with E-state index < -0.39 is 8.24 Å². The molecule has 0 amide bonds. The Bertz CT molecular complexity index is 535. The summed E-state index contributed by atoms with van der Waals surface area (Å²) >= 11 is 0. The van der Waals surface area contributed by atoms with Crippen molar-refractivity contribution >= 4 is 19.5 Å². The van der Waals surface area contributed by atoms with Crippen molar-refractivity contribution in [2.45, 2.75) is 45.8 Å². The van der Waals surface area contributed by atoms with Crippen LogP contribution in [0.2, 0.25) is 13.1 Å². The van der Waals surface area contributed by atoms with Crippen LogP contribution in [0.15, 0.2) is 24.3 Å². The summed E-state index contributed by atoms with van der Waals surface area (Å²) < 4.78 is 0. The van der Waals surface area contributed by atoms with E-state index in [1.807, 2.05) is 0 Å². The molecule has 0 aromatic heterocycles. The molecule has 0 fully saturated rings. The van der Waals surface area contributed by atoms with Crippen molar-refractivity contribution in [2.24, 2.45) is 0 Å². The Morgan fingerprint density at radius 3 is 2.41 bits per heavy atom. The molecular formula is C15H23NSi. The Balaban J connectivity index is 2.47. The maximum atomic E-state index is 3.86. The molecule has 92 valence electrons. The molecule has 17 heavy (non-hydrogen) atoms. The normalized spacial score (nSPS) is 15.7. The van der Waals surface area contributed by atoms with Crippen LogP contribution >= 0.6 is 0 Å². The van der Waals surface area contributed by atoms with E-state index in [2.05, 4.69) is 69.2 Å². The summed E-state index contributed by atoms with van der Waals surface area (Å²) in [4.78, 5) is 3.86. The molecule has 0 atom stereocenters. The van der Waals surface area contributed by atoms with Crippen molar-refractivity contribution in [3.8, 4) is 0 Å². The first-order valence-corrected chi connectivity index (χ1v) is 9.38. The second-order valence-electron chi connectivity index (χ2n) is 6.47. The molecule has 1 N–H and O–H groups in total. The predicted octanol–water partition coefficient (Wildman–Crippen LogP) is 2.15. The van der Waals surface area contributed by atoms with E-state index in [4.69, 9.17) is 0 Å². The van der Waals surface area contributed by atoms with Crippen LogP contribution in [-0.2, 0) is 0 Å². The standard InChI is InChI=1S/C15H23NSi/c1-15(2,3)16-17(4,5)14-11-10-12-8-6-7-9-13(12)14/h6-10,16H,11H2,1-5H3. The SMILES string of the molecule is CC(C)(C)N[Si](C)(C)C1=c2ccccc2=CC1. The average molecular weight is 245 g/mol. The largest absolute Gasteiger partial charge is 0.329 e. The summed E-state index contributed by atoms with van der Waals surface area (Å²) in [6.45, 7) is 11.6. The maximum absolute atomic E-state index is 3.86. The van der Waals surface area contributed by atoms with Gasteiger partial charge in [-0.25, -0.2) is 0 Å². The monoisotopic (exact) mass is 245 g/mol. The van der Waals surface area contributed by atoms with Crippen LogP contribution in [0, 0.1) is 0 Å². The molecule has 1 aromatic rings. The van der Waals surface area contributed by atoms with E-state index in [-0.39, 0.29) is 5.54 Å². The van der Waals surface area contributed by atoms with E-state index >= 15 is 0 Å². The Hall–Kier alpha value is -0.863. The molecule has 0 radical (unpaired) electrons. The second kappa shape index (κ2) is 4.11.